The van der Waals surface area contributed by atoms with E-state index in [1.165, 1.54) is 12.1 Å². The van der Waals surface area contributed by atoms with E-state index in [1.807, 2.05) is 24.3 Å². The SMILES string of the molecule is O=C(Cc1ccc(OC(F)F)cc1)Nc1ccc(C(=O)N2CCc3ccccc32)cc1. The second-order valence-electron chi connectivity index (χ2n) is 7.16. The highest BCUT2D eigenvalue weighted by Crippen LogP contribution is 2.29. The van der Waals surface area contributed by atoms with Crippen LogP contribution in [0.2, 0.25) is 0 Å². The van der Waals surface area contributed by atoms with E-state index in [-0.39, 0.29) is 24.0 Å². The largest absolute Gasteiger partial charge is 0.435 e. The number of hydrogen-bond donors (Lipinski definition) is 1. The van der Waals surface area contributed by atoms with Crippen LogP contribution in [0.5, 0.6) is 5.75 Å². The van der Waals surface area contributed by atoms with Gasteiger partial charge >= 0.3 is 6.61 Å². The molecule has 0 bridgehead atoms. The Morgan fingerprint density at radius 2 is 1.68 bits per heavy atom. The van der Waals surface area contributed by atoms with Gasteiger partial charge in [-0.1, -0.05) is 30.3 Å². The number of anilines is 2. The predicted octanol–water partition coefficient (Wildman–Crippen LogP) is 4.67. The zero-order chi connectivity index (χ0) is 21.8. The Hall–Kier alpha value is -3.74. The van der Waals surface area contributed by atoms with Crippen molar-refractivity contribution in [2.24, 2.45) is 0 Å². The number of halogens is 2. The minimum absolute atomic E-state index is 0.0417. The number of alkyl halides is 2. The summed E-state index contributed by atoms with van der Waals surface area (Å²) in [5.74, 6) is -0.288. The number of rotatable bonds is 6. The number of hydrogen-bond acceptors (Lipinski definition) is 3. The number of carbonyl (C=O) groups excluding carboxylic acids is 2. The Kier molecular flexibility index (Phi) is 5.93. The normalized spacial score (nSPS) is 12.5. The first-order chi connectivity index (χ1) is 15.0. The average molecular weight is 422 g/mol. The van der Waals surface area contributed by atoms with E-state index < -0.39 is 6.61 Å². The van der Waals surface area contributed by atoms with Gasteiger partial charge in [0, 0.05) is 23.5 Å². The van der Waals surface area contributed by atoms with Crippen molar-refractivity contribution in [3.63, 3.8) is 0 Å². The Labute approximate surface area is 178 Å². The summed E-state index contributed by atoms with van der Waals surface area (Å²) in [4.78, 5) is 26.9. The van der Waals surface area contributed by atoms with Gasteiger partial charge in [0.25, 0.3) is 5.91 Å². The second-order valence-corrected chi connectivity index (χ2v) is 7.16. The molecule has 0 fully saturated rings. The van der Waals surface area contributed by atoms with Gasteiger partial charge in [0.05, 0.1) is 6.42 Å². The first-order valence-electron chi connectivity index (χ1n) is 9.83. The minimum Gasteiger partial charge on any atom is -0.435 e. The van der Waals surface area contributed by atoms with Crippen molar-refractivity contribution in [2.45, 2.75) is 19.5 Å². The fraction of sp³-hybridized carbons (Fsp3) is 0.167. The highest BCUT2D eigenvalue weighted by Gasteiger charge is 2.25. The van der Waals surface area contributed by atoms with Crippen LogP contribution in [0, 0.1) is 0 Å². The van der Waals surface area contributed by atoms with Crippen LogP contribution in [0.15, 0.2) is 72.8 Å². The molecule has 0 radical (unpaired) electrons. The van der Waals surface area contributed by atoms with Crippen molar-refractivity contribution < 1.29 is 23.1 Å². The first kappa shape index (κ1) is 20.5. The summed E-state index contributed by atoms with van der Waals surface area (Å²) in [5, 5.41) is 2.77. The van der Waals surface area contributed by atoms with E-state index in [0.29, 0.717) is 23.4 Å². The maximum Gasteiger partial charge on any atom is 0.387 e. The number of ether oxygens (including phenoxy) is 1. The molecule has 31 heavy (non-hydrogen) atoms. The molecular weight excluding hydrogens is 402 g/mol. The number of amides is 2. The second kappa shape index (κ2) is 8.95. The van der Waals surface area contributed by atoms with Crippen LogP contribution in [0.4, 0.5) is 20.2 Å². The fourth-order valence-electron chi connectivity index (χ4n) is 3.58. The molecule has 7 heteroatoms. The summed E-state index contributed by atoms with van der Waals surface area (Å²) in [6.07, 6.45) is 0.922. The number of nitrogens with zero attached hydrogens (tertiary/aromatic N) is 1. The van der Waals surface area contributed by atoms with Crippen molar-refractivity contribution in [3.05, 3.63) is 89.5 Å². The van der Waals surface area contributed by atoms with Crippen molar-refractivity contribution in [1.82, 2.24) is 0 Å². The molecule has 0 unspecified atom stereocenters. The van der Waals surface area contributed by atoms with E-state index in [1.54, 1.807) is 41.3 Å². The Balaban J connectivity index is 1.35. The Morgan fingerprint density at radius 1 is 0.968 bits per heavy atom. The van der Waals surface area contributed by atoms with Gasteiger partial charge < -0.3 is 15.0 Å². The van der Waals surface area contributed by atoms with E-state index >= 15 is 0 Å². The molecule has 2 amide bonds. The lowest BCUT2D eigenvalue weighted by Crippen LogP contribution is -2.28. The quantitative estimate of drug-likeness (QED) is 0.628. The third kappa shape index (κ3) is 4.88. The maximum atomic E-state index is 12.9. The van der Waals surface area contributed by atoms with Crippen LogP contribution in [-0.2, 0) is 17.6 Å². The lowest BCUT2D eigenvalue weighted by Gasteiger charge is -2.17. The molecule has 0 aromatic heterocycles. The third-order valence-corrected chi connectivity index (χ3v) is 5.06. The summed E-state index contributed by atoms with van der Waals surface area (Å²) < 4.78 is 28.7. The molecule has 5 nitrogen and oxygen atoms in total. The molecule has 3 aromatic carbocycles. The number of carbonyl (C=O) groups is 2. The van der Waals surface area contributed by atoms with E-state index in [0.717, 1.165) is 17.7 Å². The molecule has 1 aliphatic heterocycles. The average Bonchev–Trinajstić information content (AvgIpc) is 3.19. The zero-order valence-corrected chi connectivity index (χ0v) is 16.6. The van der Waals surface area contributed by atoms with Gasteiger partial charge in [0.1, 0.15) is 5.75 Å². The fourth-order valence-corrected chi connectivity index (χ4v) is 3.58. The van der Waals surface area contributed by atoms with E-state index in [2.05, 4.69) is 10.1 Å². The Morgan fingerprint density at radius 3 is 2.39 bits per heavy atom. The molecule has 1 N–H and O–H groups in total. The molecule has 4 rings (SSSR count). The molecule has 3 aromatic rings. The zero-order valence-electron chi connectivity index (χ0n) is 16.6. The standard InChI is InChI=1S/C24H20F2N2O3/c25-24(26)31-20-11-5-16(6-12-20)15-22(29)27-19-9-7-18(8-10-19)23(30)28-14-13-17-3-1-2-4-21(17)28/h1-12,24H,13-15H2,(H,27,29). The van der Waals surface area contributed by atoms with Crippen LogP contribution >= 0.6 is 0 Å². The minimum atomic E-state index is -2.88. The van der Waals surface area contributed by atoms with Gasteiger partial charge in [-0.25, -0.2) is 0 Å². The molecule has 158 valence electrons. The monoisotopic (exact) mass is 422 g/mol. The lowest BCUT2D eigenvalue weighted by atomic mass is 10.1. The molecule has 0 spiro atoms. The molecule has 0 saturated carbocycles. The molecule has 0 atom stereocenters. The number of para-hydroxylation sites is 1. The molecular formula is C24H20F2N2O3. The maximum absolute atomic E-state index is 12.9. The molecule has 1 aliphatic rings. The highest BCUT2D eigenvalue weighted by molar-refractivity contribution is 6.07. The lowest BCUT2D eigenvalue weighted by molar-refractivity contribution is -0.115. The van der Waals surface area contributed by atoms with Crippen LogP contribution in [0.3, 0.4) is 0 Å². The smallest absolute Gasteiger partial charge is 0.387 e. The van der Waals surface area contributed by atoms with Crippen molar-refractivity contribution in [2.75, 3.05) is 16.8 Å². The van der Waals surface area contributed by atoms with Crippen LogP contribution in [0.1, 0.15) is 21.5 Å². The number of benzene rings is 3. The summed E-state index contributed by atoms with van der Waals surface area (Å²) in [6.45, 7) is -2.23. The topological polar surface area (TPSA) is 58.6 Å². The molecule has 0 saturated heterocycles. The van der Waals surface area contributed by atoms with Gasteiger partial charge in [-0.05, 0) is 60.0 Å². The van der Waals surface area contributed by atoms with E-state index in [4.69, 9.17) is 0 Å². The predicted molar refractivity (Wildman–Crippen MR) is 114 cm³/mol. The van der Waals surface area contributed by atoms with Crippen LogP contribution in [-0.4, -0.2) is 25.0 Å². The first-order valence-corrected chi connectivity index (χ1v) is 9.83. The van der Waals surface area contributed by atoms with Gasteiger partial charge in [0.2, 0.25) is 5.91 Å². The van der Waals surface area contributed by atoms with Crippen molar-refractivity contribution in [3.8, 4) is 5.75 Å². The highest BCUT2D eigenvalue weighted by atomic mass is 19.3. The van der Waals surface area contributed by atoms with Crippen molar-refractivity contribution in [1.29, 1.82) is 0 Å². The summed E-state index contributed by atoms with van der Waals surface area (Å²) in [6, 6.07) is 20.5. The third-order valence-electron chi connectivity index (χ3n) is 5.06. The van der Waals surface area contributed by atoms with Crippen LogP contribution < -0.4 is 15.0 Å². The van der Waals surface area contributed by atoms with Crippen LogP contribution in [0.25, 0.3) is 0 Å². The van der Waals surface area contributed by atoms with E-state index in [9.17, 15) is 18.4 Å². The molecule has 0 aliphatic carbocycles. The summed E-state index contributed by atoms with van der Waals surface area (Å²) in [7, 11) is 0. The van der Waals surface area contributed by atoms with Gasteiger partial charge in [0.15, 0.2) is 0 Å². The van der Waals surface area contributed by atoms with Gasteiger partial charge in [-0.15, -0.1) is 0 Å². The Bertz CT molecular complexity index is 1080. The number of fused-ring (bicyclic) bond motifs is 1. The molecule has 1 heterocycles. The summed E-state index contributed by atoms with van der Waals surface area (Å²) in [5.41, 5.74) is 3.88. The van der Waals surface area contributed by atoms with Crippen molar-refractivity contribution >= 4 is 23.2 Å². The van der Waals surface area contributed by atoms with Gasteiger partial charge in [-0.2, -0.15) is 8.78 Å². The number of nitrogens with one attached hydrogen (secondary N) is 1. The summed E-state index contributed by atoms with van der Waals surface area (Å²) >= 11 is 0. The van der Waals surface area contributed by atoms with Gasteiger partial charge in [-0.3, -0.25) is 9.59 Å².